The summed E-state index contributed by atoms with van der Waals surface area (Å²) in [6.45, 7) is 0.497. The van der Waals surface area contributed by atoms with E-state index in [0.29, 0.717) is 0 Å². The normalized spacial score (nSPS) is 17.2. The molecule has 9 heteroatoms. The molecule has 1 rings (SSSR count). The van der Waals surface area contributed by atoms with Crippen LogP contribution in [0.3, 0.4) is 0 Å². The summed E-state index contributed by atoms with van der Waals surface area (Å²) in [5.74, 6) is -0.215. The number of hydrogen-bond acceptors (Lipinski definition) is 8. The molecule has 0 bridgehead atoms. The second kappa shape index (κ2) is 8.37. The molecule has 1 amide bonds. The van der Waals surface area contributed by atoms with Crippen LogP contribution >= 0.6 is 0 Å². The number of rotatable bonds is 7. The van der Waals surface area contributed by atoms with Crippen LogP contribution in [-0.2, 0) is 4.79 Å². The largest absolute Gasteiger partial charge is 0.394 e. The van der Waals surface area contributed by atoms with Gasteiger partial charge in [0.1, 0.15) is 18.3 Å². The highest BCUT2D eigenvalue weighted by atomic mass is 16.4. The molecule has 1 heterocycles. The Morgan fingerprint density at radius 1 is 1.38 bits per heavy atom. The molecular formula is C12H18N4O5. The number of hydrogen-bond donors (Lipinski definition) is 5. The van der Waals surface area contributed by atoms with Crippen LogP contribution in [-0.4, -0.2) is 73.5 Å². The number of aliphatic hydroxyl groups is 4. The van der Waals surface area contributed by atoms with Crippen molar-refractivity contribution >= 4 is 17.9 Å². The third kappa shape index (κ3) is 5.52. The van der Waals surface area contributed by atoms with Gasteiger partial charge in [-0.15, -0.1) is 0 Å². The number of carbonyl (C=O) groups excluding carboxylic acids is 1. The quantitative estimate of drug-likeness (QED) is 0.357. The number of aliphatic hydroxyl groups excluding tert-OH is 4. The third-order valence-corrected chi connectivity index (χ3v) is 2.59. The van der Waals surface area contributed by atoms with Gasteiger partial charge in [0.25, 0.3) is 0 Å². The first-order valence-corrected chi connectivity index (χ1v) is 6.18. The van der Waals surface area contributed by atoms with Crippen molar-refractivity contribution in [2.24, 2.45) is 4.99 Å². The van der Waals surface area contributed by atoms with Gasteiger partial charge in [0, 0.05) is 25.5 Å². The summed E-state index contributed by atoms with van der Waals surface area (Å²) in [5, 5.41) is 40.1. The van der Waals surface area contributed by atoms with Crippen LogP contribution in [0.5, 0.6) is 0 Å². The Morgan fingerprint density at radius 3 is 2.62 bits per heavy atom. The molecule has 0 aliphatic rings. The van der Waals surface area contributed by atoms with Gasteiger partial charge in [0.15, 0.2) is 5.82 Å². The lowest BCUT2D eigenvalue weighted by Crippen LogP contribution is -2.53. The highest BCUT2D eigenvalue weighted by Gasteiger charge is 2.30. The van der Waals surface area contributed by atoms with E-state index in [1.165, 1.54) is 31.7 Å². The van der Waals surface area contributed by atoms with Gasteiger partial charge in [0.2, 0.25) is 5.91 Å². The van der Waals surface area contributed by atoms with E-state index in [1.54, 1.807) is 0 Å². The van der Waals surface area contributed by atoms with Crippen molar-refractivity contribution < 1.29 is 25.2 Å². The minimum Gasteiger partial charge on any atom is -0.394 e. The average Bonchev–Trinajstić information content (AvgIpc) is 2.49. The van der Waals surface area contributed by atoms with Crippen molar-refractivity contribution in [1.82, 2.24) is 15.3 Å². The predicted molar refractivity (Wildman–Crippen MR) is 72.9 cm³/mol. The smallest absolute Gasteiger partial charge is 0.217 e. The van der Waals surface area contributed by atoms with E-state index in [2.05, 4.69) is 20.3 Å². The number of nitrogens with zero attached hydrogens (tertiary/aromatic N) is 3. The molecule has 21 heavy (non-hydrogen) atoms. The molecule has 116 valence electrons. The van der Waals surface area contributed by atoms with Crippen LogP contribution in [0.2, 0.25) is 0 Å². The van der Waals surface area contributed by atoms with Crippen molar-refractivity contribution in [3.63, 3.8) is 0 Å². The Hall–Kier alpha value is -1.94. The van der Waals surface area contributed by atoms with Crippen molar-refractivity contribution in [1.29, 1.82) is 0 Å². The lowest BCUT2D eigenvalue weighted by atomic mass is 10.0. The number of aromatic nitrogens is 2. The molecule has 0 aromatic carbocycles. The molecule has 0 aliphatic carbocycles. The van der Waals surface area contributed by atoms with E-state index in [4.69, 9.17) is 5.11 Å². The molecule has 0 saturated heterocycles. The number of amides is 1. The standard InChI is InChI=1S/C12H18N4O5/c1-7(18)16-8(11(20)12(21)9(19)6-17)4-15-10-5-13-2-3-14-10/h2-5,8-9,11-12,17,19-21H,6H2,1H3,(H,16,18)/t8-,9+,11+,12+/m0/s1. The summed E-state index contributed by atoms with van der Waals surface area (Å²) in [6.07, 6.45) is 0.662. The fourth-order valence-corrected chi connectivity index (χ4v) is 1.51. The predicted octanol–water partition coefficient (Wildman–Crippen LogP) is -2.24. The van der Waals surface area contributed by atoms with E-state index < -0.39 is 36.9 Å². The Morgan fingerprint density at radius 2 is 2.10 bits per heavy atom. The van der Waals surface area contributed by atoms with Crippen LogP contribution in [0.15, 0.2) is 23.6 Å². The lowest BCUT2D eigenvalue weighted by Gasteiger charge is -2.26. The van der Waals surface area contributed by atoms with Gasteiger partial charge in [-0.25, -0.2) is 9.98 Å². The van der Waals surface area contributed by atoms with Gasteiger partial charge in [-0.1, -0.05) is 0 Å². The topological polar surface area (TPSA) is 148 Å². The Kier molecular flexibility index (Phi) is 6.82. The van der Waals surface area contributed by atoms with E-state index in [0.717, 1.165) is 0 Å². The molecule has 1 aromatic heterocycles. The average molecular weight is 298 g/mol. The first-order valence-electron chi connectivity index (χ1n) is 6.18. The van der Waals surface area contributed by atoms with Gasteiger partial charge in [-0.2, -0.15) is 0 Å². The van der Waals surface area contributed by atoms with Crippen molar-refractivity contribution in [3.8, 4) is 0 Å². The molecule has 0 radical (unpaired) electrons. The Labute approximate surface area is 121 Å². The lowest BCUT2D eigenvalue weighted by molar-refractivity contribution is -0.121. The summed E-state index contributed by atoms with van der Waals surface area (Å²) < 4.78 is 0. The summed E-state index contributed by atoms with van der Waals surface area (Å²) in [5.41, 5.74) is 0. The third-order valence-electron chi connectivity index (χ3n) is 2.59. The second-order valence-electron chi connectivity index (χ2n) is 4.30. The minimum atomic E-state index is -1.65. The summed E-state index contributed by atoms with van der Waals surface area (Å²) in [6, 6.07) is -1.07. The molecule has 1 aromatic rings. The molecule has 0 aliphatic heterocycles. The Bertz CT molecular complexity index is 470. The monoisotopic (exact) mass is 298 g/mol. The fourth-order valence-electron chi connectivity index (χ4n) is 1.51. The van der Waals surface area contributed by atoms with Crippen molar-refractivity contribution in [2.75, 3.05) is 6.61 Å². The Balaban J connectivity index is 2.84. The maximum atomic E-state index is 11.1. The van der Waals surface area contributed by atoms with Gasteiger partial charge < -0.3 is 25.7 Å². The van der Waals surface area contributed by atoms with Gasteiger partial charge in [-0.3, -0.25) is 9.78 Å². The highest BCUT2D eigenvalue weighted by molar-refractivity contribution is 5.79. The number of aliphatic imine (C=N–C) groups is 1. The van der Waals surface area contributed by atoms with E-state index in [1.807, 2.05) is 0 Å². The summed E-state index contributed by atoms with van der Waals surface area (Å²) in [7, 11) is 0. The molecule has 4 atom stereocenters. The van der Waals surface area contributed by atoms with Gasteiger partial charge >= 0.3 is 0 Å². The second-order valence-corrected chi connectivity index (χ2v) is 4.30. The summed E-state index contributed by atoms with van der Waals surface area (Å²) in [4.78, 5) is 22.7. The van der Waals surface area contributed by atoms with Crippen LogP contribution in [0.4, 0.5) is 5.82 Å². The zero-order valence-corrected chi connectivity index (χ0v) is 11.4. The van der Waals surface area contributed by atoms with Gasteiger partial charge in [0.05, 0.1) is 18.8 Å². The van der Waals surface area contributed by atoms with Crippen LogP contribution in [0, 0.1) is 0 Å². The van der Waals surface area contributed by atoms with E-state index in [-0.39, 0.29) is 5.82 Å². The van der Waals surface area contributed by atoms with Crippen LogP contribution in [0.1, 0.15) is 6.92 Å². The zero-order chi connectivity index (χ0) is 15.8. The zero-order valence-electron chi connectivity index (χ0n) is 11.4. The van der Waals surface area contributed by atoms with Crippen molar-refractivity contribution in [2.45, 2.75) is 31.3 Å². The summed E-state index contributed by atoms with van der Waals surface area (Å²) >= 11 is 0. The molecule has 9 nitrogen and oxygen atoms in total. The number of nitrogens with one attached hydrogen (secondary N) is 1. The highest BCUT2D eigenvalue weighted by Crippen LogP contribution is 2.07. The fraction of sp³-hybridized carbons (Fsp3) is 0.500. The van der Waals surface area contributed by atoms with Gasteiger partial charge in [-0.05, 0) is 0 Å². The molecule has 0 spiro atoms. The first kappa shape index (κ1) is 17.1. The first-order chi connectivity index (χ1) is 9.95. The van der Waals surface area contributed by atoms with Crippen molar-refractivity contribution in [3.05, 3.63) is 18.6 Å². The van der Waals surface area contributed by atoms with E-state index >= 15 is 0 Å². The molecule has 0 saturated carbocycles. The maximum absolute atomic E-state index is 11.1. The number of carbonyl (C=O) groups is 1. The molecule has 0 fully saturated rings. The van der Waals surface area contributed by atoms with E-state index in [9.17, 15) is 20.1 Å². The minimum absolute atomic E-state index is 0.247. The molecule has 0 unspecified atom stereocenters. The SMILES string of the molecule is CC(=O)N[C@@H](C=Nc1cnccn1)[C@@H](O)[C@H](O)[C@H](O)CO. The van der Waals surface area contributed by atoms with Crippen LogP contribution in [0.25, 0.3) is 0 Å². The maximum Gasteiger partial charge on any atom is 0.217 e. The van der Waals surface area contributed by atoms with Crippen LogP contribution < -0.4 is 5.32 Å². The molecule has 5 N–H and O–H groups in total. The molecular weight excluding hydrogens is 280 g/mol.